The molecule has 0 fully saturated rings. The largest absolute Gasteiger partial charge is 0.373 e. The van der Waals surface area contributed by atoms with Gasteiger partial charge in [-0.05, 0) is 6.08 Å². The Kier molecular flexibility index (Phi) is 2.26. The lowest BCUT2D eigenvalue weighted by Gasteiger charge is -1.96. The van der Waals surface area contributed by atoms with Crippen molar-refractivity contribution in [1.29, 1.82) is 5.41 Å². The second kappa shape index (κ2) is 2.49. The number of hydrogen-bond donors (Lipinski definition) is 3. The summed E-state index contributed by atoms with van der Waals surface area (Å²) in [5.74, 6) is 0. The van der Waals surface area contributed by atoms with E-state index in [1.165, 1.54) is 6.08 Å². The third-order valence-corrected chi connectivity index (χ3v) is 0.539. The maximum atomic E-state index is 8.30. The second-order valence-corrected chi connectivity index (χ2v) is 1.10. The molecule has 4 N–H and O–H groups in total. The van der Waals surface area contributed by atoms with Gasteiger partial charge in [0, 0.05) is 0 Å². The molecule has 0 aliphatic heterocycles. The van der Waals surface area contributed by atoms with Crippen LogP contribution in [0.5, 0.6) is 0 Å². The molecule has 0 saturated carbocycles. The van der Waals surface area contributed by atoms with Gasteiger partial charge in [0.2, 0.25) is 0 Å². The van der Waals surface area contributed by atoms with Crippen LogP contribution in [0.25, 0.3) is 0 Å². The van der Waals surface area contributed by atoms with E-state index < -0.39 is 6.23 Å². The molecular formula is C4H8N2O. The average molecular weight is 100 g/mol. The Morgan fingerprint density at radius 1 is 2.00 bits per heavy atom. The highest BCUT2D eigenvalue weighted by Crippen LogP contribution is 1.74. The first kappa shape index (κ1) is 6.33. The summed E-state index contributed by atoms with van der Waals surface area (Å²) in [5.41, 5.74) is 4.75. The zero-order valence-corrected chi connectivity index (χ0v) is 3.89. The molecule has 40 valence electrons. The molecule has 0 aromatic carbocycles. The summed E-state index contributed by atoms with van der Waals surface area (Å²) in [6.07, 6.45) is 0.0301. The summed E-state index contributed by atoms with van der Waals surface area (Å²) in [6.45, 7) is 3.22. The lowest BCUT2D eigenvalue weighted by Crippen LogP contribution is -2.27. The smallest absolute Gasteiger partial charge is 0.144 e. The third-order valence-electron chi connectivity index (χ3n) is 0.539. The molecule has 3 nitrogen and oxygen atoms in total. The maximum Gasteiger partial charge on any atom is 0.144 e. The topological polar surface area (TPSA) is 70.1 Å². The molecule has 0 amide bonds. The van der Waals surface area contributed by atoms with Crippen molar-refractivity contribution in [2.45, 2.75) is 6.23 Å². The van der Waals surface area contributed by atoms with Gasteiger partial charge in [-0.15, -0.1) is 0 Å². The Hall–Kier alpha value is -0.670. The molecule has 0 aliphatic rings. The van der Waals surface area contributed by atoms with Gasteiger partial charge in [-0.1, -0.05) is 6.58 Å². The number of aliphatic hydroxyl groups excluding tert-OH is 1. The summed E-state index contributed by atoms with van der Waals surface area (Å²) in [7, 11) is 0. The monoisotopic (exact) mass is 100 g/mol. The Morgan fingerprint density at radius 3 is 2.43 bits per heavy atom. The van der Waals surface area contributed by atoms with E-state index in [0.29, 0.717) is 0 Å². The lowest BCUT2D eigenvalue weighted by atomic mass is 10.3. The summed E-state index contributed by atoms with van der Waals surface area (Å²) in [6, 6.07) is 0. The molecule has 0 aromatic rings. The van der Waals surface area contributed by atoms with Crippen molar-refractivity contribution < 1.29 is 5.11 Å². The molecule has 0 spiro atoms. The van der Waals surface area contributed by atoms with Crippen LogP contribution in [-0.4, -0.2) is 17.0 Å². The van der Waals surface area contributed by atoms with E-state index >= 15 is 0 Å². The molecule has 7 heavy (non-hydrogen) atoms. The summed E-state index contributed by atoms with van der Waals surface area (Å²) in [4.78, 5) is 0. The molecule has 0 rings (SSSR count). The minimum atomic E-state index is -1.17. The van der Waals surface area contributed by atoms with E-state index in [4.69, 9.17) is 16.2 Å². The fourth-order valence-corrected chi connectivity index (χ4v) is 0.121. The molecule has 3 heteroatoms. The number of nitrogens with two attached hydrogens (primary N) is 1. The van der Waals surface area contributed by atoms with Crippen LogP contribution < -0.4 is 5.73 Å². The fourth-order valence-electron chi connectivity index (χ4n) is 0.121. The zero-order chi connectivity index (χ0) is 5.86. The molecule has 0 saturated heterocycles. The van der Waals surface area contributed by atoms with E-state index in [9.17, 15) is 0 Å². The van der Waals surface area contributed by atoms with Gasteiger partial charge in [0.15, 0.2) is 0 Å². The van der Waals surface area contributed by atoms with Crippen LogP contribution in [0, 0.1) is 5.41 Å². The molecule has 1 unspecified atom stereocenters. The van der Waals surface area contributed by atoms with Gasteiger partial charge in [0.25, 0.3) is 0 Å². The first-order valence-electron chi connectivity index (χ1n) is 1.83. The maximum absolute atomic E-state index is 8.30. The minimum Gasteiger partial charge on any atom is -0.373 e. The quantitative estimate of drug-likeness (QED) is 0.322. The van der Waals surface area contributed by atoms with Gasteiger partial charge in [-0.25, -0.2) is 0 Å². The Labute approximate surface area is 42.0 Å². The van der Waals surface area contributed by atoms with Crippen molar-refractivity contribution >= 4 is 5.71 Å². The summed E-state index contributed by atoms with van der Waals surface area (Å²) in [5, 5.41) is 15.0. The first-order chi connectivity index (χ1) is 3.18. The van der Waals surface area contributed by atoms with E-state index in [0.717, 1.165) is 0 Å². The molecule has 0 aliphatic carbocycles. The SMILES string of the molecule is C=CC(=N)C(N)O. The van der Waals surface area contributed by atoms with E-state index in [1.54, 1.807) is 0 Å². The first-order valence-corrected chi connectivity index (χ1v) is 1.83. The molecule has 0 bridgehead atoms. The Bertz CT molecular complexity index is 87.7. The van der Waals surface area contributed by atoms with Crippen LogP contribution >= 0.6 is 0 Å². The zero-order valence-electron chi connectivity index (χ0n) is 3.89. The van der Waals surface area contributed by atoms with Crippen molar-refractivity contribution in [3.05, 3.63) is 12.7 Å². The highest BCUT2D eigenvalue weighted by Gasteiger charge is 1.95. The van der Waals surface area contributed by atoms with Crippen molar-refractivity contribution in [2.75, 3.05) is 0 Å². The predicted octanol–water partition coefficient (Wildman–Crippen LogP) is -0.531. The second-order valence-electron chi connectivity index (χ2n) is 1.10. The van der Waals surface area contributed by atoms with Crippen molar-refractivity contribution in [3.8, 4) is 0 Å². The summed E-state index contributed by atoms with van der Waals surface area (Å²) < 4.78 is 0. The normalized spacial score (nSPS) is 12.9. The van der Waals surface area contributed by atoms with Crippen LogP contribution in [-0.2, 0) is 0 Å². The molecule has 0 radical (unpaired) electrons. The molecule has 0 heterocycles. The fraction of sp³-hybridized carbons (Fsp3) is 0.250. The summed E-state index contributed by atoms with van der Waals surface area (Å²) >= 11 is 0. The lowest BCUT2D eigenvalue weighted by molar-refractivity contribution is 0.250. The van der Waals surface area contributed by atoms with Gasteiger partial charge in [-0.3, -0.25) is 0 Å². The minimum absolute atomic E-state index is 0.0556. The molecule has 0 aromatic heterocycles. The van der Waals surface area contributed by atoms with Crippen LogP contribution in [0.3, 0.4) is 0 Å². The van der Waals surface area contributed by atoms with Gasteiger partial charge < -0.3 is 16.2 Å². The average Bonchev–Trinajstić information content (AvgIpc) is 1.65. The Morgan fingerprint density at radius 2 is 2.43 bits per heavy atom. The van der Waals surface area contributed by atoms with Crippen molar-refractivity contribution in [1.82, 2.24) is 0 Å². The Balaban J connectivity index is 3.56. The number of aliphatic hydroxyl groups is 1. The van der Waals surface area contributed by atoms with Crippen LogP contribution in [0.2, 0.25) is 0 Å². The van der Waals surface area contributed by atoms with Gasteiger partial charge >= 0.3 is 0 Å². The van der Waals surface area contributed by atoms with Crippen LogP contribution in [0.1, 0.15) is 0 Å². The number of hydrogen-bond acceptors (Lipinski definition) is 3. The number of nitrogens with one attached hydrogen (secondary N) is 1. The van der Waals surface area contributed by atoms with Gasteiger partial charge in [0.05, 0.1) is 5.71 Å². The van der Waals surface area contributed by atoms with Crippen LogP contribution in [0.15, 0.2) is 12.7 Å². The van der Waals surface area contributed by atoms with Crippen molar-refractivity contribution in [3.63, 3.8) is 0 Å². The standard InChI is InChI=1S/C4H8N2O/c1-2-3(5)4(6)7/h2,4-5,7H,1,6H2. The van der Waals surface area contributed by atoms with Gasteiger partial charge in [-0.2, -0.15) is 0 Å². The highest BCUT2D eigenvalue weighted by atomic mass is 16.3. The highest BCUT2D eigenvalue weighted by molar-refractivity contribution is 5.94. The number of rotatable bonds is 2. The third kappa shape index (κ3) is 2.08. The van der Waals surface area contributed by atoms with Crippen molar-refractivity contribution in [2.24, 2.45) is 5.73 Å². The molecular weight excluding hydrogens is 92.1 g/mol. The van der Waals surface area contributed by atoms with E-state index in [2.05, 4.69) is 6.58 Å². The molecule has 1 atom stereocenters. The van der Waals surface area contributed by atoms with E-state index in [1.807, 2.05) is 0 Å². The van der Waals surface area contributed by atoms with E-state index in [-0.39, 0.29) is 5.71 Å². The van der Waals surface area contributed by atoms with Gasteiger partial charge in [0.1, 0.15) is 6.23 Å². The van der Waals surface area contributed by atoms with Crippen LogP contribution in [0.4, 0.5) is 0 Å². The predicted molar refractivity (Wildman–Crippen MR) is 28.1 cm³/mol.